The molecule has 0 N–H and O–H groups in total. The van der Waals surface area contributed by atoms with Crippen LogP contribution in [0.4, 0.5) is 0 Å². The highest BCUT2D eigenvalue weighted by Crippen LogP contribution is 2.42. The SMILES string of the molecule is C=CCOc1ccc(C(C)(c2ccccc2)c2ccc(OC(CC)(CC)CCCOc3ccc(C(C)(c4ccccc4)c4ccc(OC(CC)(CC)CC=C)cc4)cc3)cc2)cc1. The van der Waals surface area contributed by atoms with Crippen molar-refractivity contribution in [3.8, 4) is 23.0 Å². The Bertz CT molecular complexity index is 2290. The summed E-state index contributed by atoms with van der Waals surface area (Å²) in [4.78, 5) is 0. The molecule has 0 bridgehead atoms. The molecule has 0 saturated heterocycles. The molecule has 0 aliphatic rings. The largest absolute Gasteiger partial charge is 0.494 e. The lowest BCUT2D eigenvalue weighted by Crippen LogP contribution is -2.35. The van der Waals surface area contributed by atoms with Gasteiger partial charge in [0.2, 0.25) is 0 Å². The van der Waals surface area contributed by atoms with Crippen molar-refractivity contribution in [3.63, 3.8) is 0 Å². The van der Waals surface area contributed by atoms with Crippen LogP contribution < -0.4 is 18.9 Å². The molecule has 4 nitrogen and oxygen atoms in total. The Kier molecular flexibility index (Phi) is 15.8. The average molecular weight is 841 g/mol. The number of benzene rings is 6. The summed E-state index contributed by atoms with van der Waals surface area (Å²) < 4.78 is 25.7. The zero-order chi connectivity index (χ0) is 44.8. The van der Waals surface area contributed by atoms with Gasteiger partial charge in [-0.25, -0.2) is 0 Å². The van der Waals surface area contributed by atoms with Gasteiger partial charge in [-0.15, -0.1) is 6.58 Å². The normalized spacial score (nSPS) is 13.6. The molecule has 0 amide bonds. The maximum atomic E-state index is 6.88. The second kappa shape index (κ2) is 21.4. The van der Waals surface area contributed by atoms with Gasteiger partial charge in [-0.2, -0.15) is 0 Å². The van der Waals surface area contributed by atoms with Crippen molar-refractivity contribution in [2.45, 2.75) is 109 Å². The first kappa shape index (κ1) is 46.5. The van der Waals surface area contributed by atoms with E-state index in [0.29, 0.717) is 13.2 Å². The van der Waals surface area contributed by atoms with Gasteiger partial charge in [0.15, 0.2) is 0 Å². The average Bonchev–Trinajstić information content (AvgIpc) is 3.35. The summed E-state index contributed by atoms with van der Waals surface area (Å²) in [5, 5.41) is 0. The fourth-order valence-electron chi connectivity index (χ4n) is 9.05. The summed E-state index contributed by atoms with van der Waals surface area (Å²) in [6.07, 6.45) is 9.97. The van der Waals surface area contributed by atoms with E-state index in [-0.39, 0.29) is 22.0 Å². The van der Waals surface area contributed by atoms with Crippen molar-refractivity contribution >= 4 is 0 Å². The molecule has 2 atom stereocenters. The zero-order valence-electron chi connectivity index (χ0n) is 38.6. The summed E-state index contributed by atoms with van der Waals surface area (Å²) in [7, 11) is 0. The molecular formula is C59H68O4. The Hall–Kier alpha value is -6.00. The van der Waals surface area contributed by atoms with E-state index in [4.69, 9.17) is 18.9 Å². The van der Waals surface area contributed by atoms with Crippen LogP contribution in [0.15, 0.2) is 183 Å². The molecule has 0 fully saturated rings. The zero-order valence-corrected chi connectivity index (χ0v) is 38.6. The van der Waals surface area contributed by atoms with E-state index in [1.807, 2.05) is 18.2 Å². The van der Waals surface area contributed by atoms with Gasteiger partial charge in [-0.1, -0.05) is 156 Å². The molecule has 4 heteroatoms. The monoisotopic (exact) mass is 841 g/mol. The van der Waals surface area contributed by atoms with Gasteiger partial charge < -0.3 is 18.9 Å². The highest BCUT2D eigenvalue weighted by atomic mass is 16.5. The Morgan fingerprint density at radius 1 is 0.413 bits per heavy atom. The second-order valence-corrected chi connectivity index (χ2v) is 17.1. The molecule has 2 unspecified atom stereocenters. The molecule has 0 spiro atoms. The van der Waals surface area contributed by atoms with E-state index in [9.17, 15) is 0 Å². The molecule has 0 aliphatic carbocycles. The van der Waals surface area contributed by atoms with Gasteiger partial charge >= 0.3 is 0 Å². The van der Waals surface area contributed by atoms with Gasteiger partial charge in [-0.3, -0.25) is 0 Å². The molecular weight excluding hydrogens is 773 g/mol. The molecule has 328 valence electrons. The fourth-order valence-corrected chi connectivity index (χ4v) is 9.05. The van der Waals surface area contributed by atoms with Gasteiger partial charge in [0.1, 0.15) is 40.8 Å². The molecule has 6 aromatic carbocycles. The van der Waals surface area contributed by atoms with E-state index in [2.05, 4.69) is 200 Å². The molecule has 0 aliphatic heterocycles. The predicted molar refractivity (Wildman–Crippen MR) is 263 cm³/mol. The van der Waals surface area contributed by atoms with Gasteiger partial charge in [-0.05, 0) is 134 Å². The van der Waals surface area contributed by atoms with Crippen LogP contribution in [0, 0.1) is 0 Å². The molecule has 0 saturated carbocycles. The Morgan fingerprint density at radius 3 is 1.13 bits per heavy atom. The Labute approximate surface area is 378 Å². The molecule has 63 heavy (non-hydrogen) atoms. The maximum absolute atomic E-state index is 6.88. The lowest BCUT2D eigenvalue weighted by atomic mass is 9.71. The summed E-state index contributed by atoms with van der Waals surface area (Å²) in [5.41, 5.74) is 5.95. The van der Waals surface area contributed by atoms with Gasteiger partial charge in [0, 0.05) is 17.3 Å². The fraction of sp³-hybridized carbons (Fsp3) is 0.322. The third-order valence-electron chi connectivity index (χ3n) is 13.6. The Morgan fingerprint density at radius 2 is 0.762 bits per heavy atom. The smallest absolute Gasteiger partial charge is 0.120 e. The molecule has 0 aromatic heterocycles. The van der Waals surface area contributed by atoms with E-state index in [0.717, 1.165) is 67.9 Å². The third-order valence-corrected chi connectivity index (χ3v) is 13.6. The Balaban J connectivity index is 1.12. The minimum atomic E-state index is -0.379. The molecule has 6 aromatic rings. The maximum Gasteiger partial charge on any atom is 0.120 e. The first-order valence-electron chi connectivity index (χ1n) is 23.0. The number of ether oxygens (including phenoxy) is 4. The summed E-state index contributed by atoms with van der Waals surface area (Å²) in [6, 6.07) is 55.8. The van der Waals surface area contributed by atoms with E-state index in [1.165, 1.54) is 33.4 Å². The number of hydrogen-bond acceptors (Lipinski definition) is 4. The molecule has 0 radical (unpaired) electrons. The lowest BCUT2D eigenvalue weighted by molar-refractivity contribution is 0.0450. The lowest BCUT2D eigenvalue weighted by Gasteiger charge is -2.34. The highest BCUT2D eigenvalue weighted by Gasteiger charge is 2.34. The van der Waals surface area contributed by atoms with Crippen molar-refractivity contribution in [2.24, 2.45) is 0 Å². The highest BCUT2D eigenvalue weighted by molar-refractivity contribution is 5.53. The number of hydrogen-bond donors (Lipinski definition) is 0. The third kappa shape index (κ3) is 10.6. The number of rotatable bonds is 24. The minimum Gasteiger partial charge on any atom is -0.494 e. The van der Waals surface area contributed by atoms with E-state index >= 15 is 0 Å². The van der Waals surface area contributed by atoms with Crippen molar-refractivity contribution in [3.05, 3.63) is 216 Å². The standard InChI is InChI=1S/C59H68O4/c1-9-42-58(11-3,12-4)62-54-38-30-50(31-39-54)57(8,47-24-19-16-20-25-47)49-28-36-53(37-29-49)61-45-21-43-59(13-5,14-6)63-55-40-32-51(33-41-55)56(7,46-22-17-15-18-23-46)48-26-34-52(35-27-48)60-44-10-2/h9-10,15-20,22-41H,1-2,11-14,21,42-45H2,3-8H3. The van der Waals surface area contributed by atoms with Crippen LogP contribution in [0.3, 0.4) is 0 Å². The van der Waals surface area contributed by atoms with Crippen LogP contribution in [0.2, 0.25) is 0 Å². The summed E-state index contributed by atoms with van der Waals surface area (Å²) >= 11 is 0. The van der Waals surface area contributed by atoms with Crippen LogP contribution in [-0.4, -0.2) is 24.4 Å². The molecule has 0 heterocycles. The van der Waals surface area contributed by atoms with Crippen LogP contribution in [-0.2, 0) is 10.8 Å². The van der Waals surface area contributed by atoms with Crippen LogP contribution in [0.25, 0.3) is 0 Å². The predicted octanol–water partition coefficient (Wildman–Crippen LogP) is 15.3. The van der Waals surface area contributed by atoms with Crippen LogP contribution in [0.5, 0.6) is 23.0 Å². The van der Waals surface area contributed by atoms with Crippen LogP contribution >= 0.6 is 0 Å². The van der Waals surface area contributed by atoms with Crippen molar-refractivity contribution in [1.29, 1.82) is 0 Å². The second-order valence-electron chi connectivity index (χ2n) is 17.1. The molecule has 6 rings (SSSR count). The first-order valence-corrected chi connectivity index (χ1v) is 23.0. The summed E-state index contributed by atoms with van der Waals surface area (Å²) in [6.45, 7) is 22.3. The first-order chi connectivity index (χ1) is 30.6. The van der Waals surface area contributed by atoms with Crippen LogP contribution in [0.1, 0.15) is 120 Å². The van der Waals surface area contributed by atoms with Crippen molar-refractivity contribution in [1.82, 2.24) is 0 Å². The van der Waals surface area contributed by atoms with Gasteiger partial charge in [0.05, 0.1) is 6.61 Å². The summed E-state index contributed by atoms with van der Waals surface area (Å²) in [5.74, 6) is 3.47. The van der Waals surface area contributed by atoms with Gasteiger partial charge in [0.25, 0.3) is 0 Å². The van der Waals surface area contributed by atoms with E-state index in [1.54, 1.807) is 6.08 Å². The van der Waals surface area contributed by atoms with Crippen molar-refractivity contribution < 1.29 is 18.9 Å². The van der Waals surface area contributed by atoms with E-state index < -0.39 is 0 Å². The topological polar surface area (TPSA) is 36.9 Å². The quantitative estimate of drug-likeness (QED) is 0.0346. The van der Waals surface area contributed by atoms with Crippen molar-refractivity contribution in [2.75, 3.05) is 13.2 Å². The minimum absolute atomic E-state index is 0.237.